The predicted molar refractivity (Wildman–Crippen MR) is 92.3 cm³/mol. The van der Waals surface area contributed by atoms with Gasteiger partial charge in [-0.1, -0.05) is 0 Å². The summed E-state index contributed by atoms with van der Waals surface area (Å²) < 4.78 is 9.96. The molecule has 0 aromatic heterocycles. The lowest BCUT2D eigenvalue weighted by atomic mass is 9.98. The lowest BCUT2D eigenvalue weighted by Gasteiger charge is -2.31. The molecular formula is C18H24N2O5. The van der Waals surface area contributed by atoms with Crippen molar-refractivity contribution in [2.24, 2.45) is 5.92 Å². The molecule has 1 aromatic carbocycles. The van der Waals surface area contributed by atoms with Gasteiger partial charge in [0.05, 0.1) is 24.7 Å². The van der Waals surface area contributed by atoms with Crippen molar-refractivity contribution >= 4 is 23.7 Å². The molecule has 0 aliphatic carbocycles. The van der Waals surface area contributed by atoms with Gasteiger partial charge < -0.3 is 19.7 Å². The van der Waals surface area contributed by atoms with Gasteiger partial charge in [0.15, 0.2) is 0 Å². The van der Waals surface area contributed by atoms with E-state index in [4.69, 9.17) is 9.47 Å². The van der Waals surface area contributed by atoms with E-state index < -0.39 is 5.97 Å². The van der Waals surface area contributed by atoms with Gasteiger partial charge in [-0.25, -0.2) is 9.59 Å². The quantitative estimate of drug-likeness (QED) is 0.827. The highest BCUT2D eigenvalue weighted by Gasteiger charge is 2.29. The van der Waals surface area contributed by atoms with Gasteiger partial charge in [-0.15, -0.1) is 0 Å². The van der Waals surface area contributed by atoms with Crippen LogP contribution >= 0.6 is 0 Å². The van der Waals surface area contributed by atoms with Crippen LogP contribution in [0.15, 0.2) is 24.3 Å². The van der Waals surface area contributed by atoms with Gasteiger partial charge in [-0.05, 0) is 51.0 Å². The molecule has 1 aliphatic heterocycles. The van der Waals surface area contributed by atoms with Gasteiger partial charge in [0, 0.05) is 18.8 Å². The Kier molecular flexibility index (Phi) is 6.80. The number of nitrogens with zero attached hydrogens (tertiary/aromatic N) is 1. The van der Waals surface area contributed by atoms with Crippen molar-refractivity contribution in [3.05, 3.63) is 29.8 Å². The molecule has 0 spiro atoms. The summed E-state index contributed by atoms with van der Waals surface area (Å²) in [7, 11) is 0. The summed E-state index contributed by atoms with van der Waals surface area (Å²) >= 11 is 0. The second-order valence-electron chi connectivity index (χ2n) is 5.77. The number of urea groups is 1. The molecule has 1 N–H and O–H groups in total. The van der Waals surface area contributed by atoms with Crippen molar-refractivity contribution in [1.82, 2.24) is 4.90 Å². The fraction of sp³-hybridized carbons (Fsp3) is 0.500. The third kappa shape index (κ3) is 5.20. The second kappa shape index (κ2) is 9.05. The molecule has 7 nitrogen and oxygen atoms in total. The van der Waals surface area contributed by atoms with Crippen LogP contribution in [-0.4, -0.2) is 49.2 Å². The number of likely N-dealkylation sites (tertiary alicyclic amines) is 1. The summed E-state index contributed by atoms with van der Waals surface area (Å²) in [6.07, 6.45) is 1.50. The van der Waals surface area contributed by atoms with Crippen molar-refractivity contribution in [3.63, 3.8) is 0 Å². The topological polar surface area (TPSA) is 84.9 Å². The average Bonchev–Trinajstić information content (AvgIpc) is 2.63. The summed E-state index contributed by atoms with van der Waals surface area (Å²) in [5.74, 6) is -0.918. The summed E-state index contributed by atoms with van der Waals surface area (Å²) in [6.45, 7) is 5.12. The molecule has 25 heavy (non-hydrogen) atoms. The summed E-state index contributed by atoms with van der Waals surface area (Å²) in [5, 5.41) is 2.78. The Hall–Kier alpha value is -2.57. The highest BCUT2D eigenvalue weighted by atomic mass is 16.5. The molecule has 1 unspecified atom stereocenters. The molecule has 0 bridgehead atoms. The van der Waals surface area contributed by atoms with E-state index in [0.29, 0.717) is 37.6 Å². The van der Waals surface area contributed by atoms with Gasteiger partial charge in [0.1, 0.15) is 0 Å². The van der Waals surface area contributed by atoms with Crippen molar-refractivity contribution in [2.45, 2.75) is 26.7 Å². The number of esters is 2. The van der Waals surface area contributed by atoms with Crippen molar-refractivity contribution < 1.29 is 23.9 Å². The number of piperidine rings is 1. The molecule has 1 aliphatic rings. The maximum Gasteiger partial charge on any atom is 0.338 e. The van der Waals surface area contributed by atoms with Crippen molar-refractivity contribution in [3.8, 4) is 0 Å². The standard InChI is InChI=1S/C18H24N2O5/c1-3-24-16(21)13-7-9-15(10-8-13)19-18(23)20-11-5-6-14(12-20)17(22)25-4-2/h7-10,14H,3-6,11-12H2,1-2H3,(H,19,23). The first kappa shape index (κ1) is 18.8. The minimum atomic E-state index is -0.395. The third-order valence-corrected chi connectivity index (χ3v) is 3.98. The van der Waals surface area contributed by atoms with Crippen LogP contribution in [0.25, 0.3) is 0 Å². The van der Waals surface area contributed by atoms with Crippen LogP contribution in [0, 0.1) is 5.92 Å². The van der Waals surface area contributed by atoms with Crippen LogP contribution in [-0.2, 0) is 14.3 Å². The number of ether oxygens (including phenoxy) is 2. The highest BCUT2D eigenvalue weighted by molar-refractivity contribution is 5.92. The zero-order chi connectivity index (χ0) is 18.2. The molecule has 1 fully saturated rings. The Morgan fingerprint density at radius 1 is 1.12 bits per heavy atom. The molecule has 1 atom stereocenters. The van der Waals surface area contributed by atoms with E-state index in [2.05, 4.69) is 5.32 Å². The number of rotatable bonds is 5. The molecule has 7 heteroatoms. The lowest BCUT2D eigenvalue weighted by molar-refractivity contribution is -0.149. The SMILES string of the molecule is CCOC(=O)c1ccc(NC(=O)N2CCCC(C(=O)OCC)C2)cc1. The van der Waals surface area contributed by atoms with Crippen LogP contribution < -0.4 is 5.32 Å². The fourth-order valence-electron chi connectivity index (χ4n) is 2.72. The smallest absolute Gasteiger partial charge is 0.338 e. The van der Waals surface area contributed by atoms with E-state index in [1.807, 2.05) is 0 Å². The molecule has 1 aromatic rings. The monoisotopic (exact) mass is 348 g/mol. The van der Waals surface area contributed by atoms with Crippen LogP contribution in [0.4, 0.5) is 10.5 Å². The normalized spacial score (nSPS) is 16.9. The Bertz CT molecular complexity index is 614. The van der Waals surface area contributed by atoms with E-state index in [1.165, 1.54) is 0 Å². The van der Waals surface area contributed by atoms with E-state index in [9.17, 15) is 14.4 Å². The number of carbonyl (C=O) groups is 3. The highest BCUT2D eigenvalue weighted by Crippen LogP contribution is 2.19. The van der Waals surface area contributed by atoms with E-state index in [1.54, 1.807) is 43.0 Å². The van der Waals surface area contributed by atoms with E-state index in [0.717, 1.165) is 12.8 Å². The molecule has 0 radical (unpaired) electrons. The van der Waals surface area contributed by atoms with Crippen molar-refractivity contribution in [2.75, 3.05) is 31.6 Å². The Morgan fingerprint density at radius 2 is 1.80 bits per heavy atom. The molecule has 0 saturated carbocycles. The van der Waals surface area contributed by atoms with Crippen LogP contribution in [0.3, 0.4) is 0 Å². The zero-order valence-electron chi connectivity index (χ0n) is 14.6. The molecule has 136 valence electrons. The van der Waals surface area contributed by atoms with Gasteiger partial charge in [0.25, 0.3) is 0 Å². The number of hydrogen-bond acceptors (Lipinski definition) is 5. The van der Waals surface area contributed by atoms with Gasteiger partial charge >= 0.3 is 18.0 Å². The number of nitrogens with one attached hydrogen (secondary N) is 1. The zero-order valence-corrected chi connectivity index (χ0v) is 14.6. The number of hydrogen-bond donors (Lipinski definition) is 1. The minimum absolute atomic E-state index is 0.251. The maximum absolute atomic E-state index is 12.4. The Morgan fingerprint density at radius 3 is 2.44 bits per heavy atom. The number of anilines is 1. The van der Waals surface area contributed by atoms with Crippen molar-refractivity contribution in [1.29, 1.82) is 0 Å². The van der Waals surface area contributed by atoms with E-state index >= 15 is 0 Å². The summed E-state index contributed by atoms with van der Waals surface area (Å²) in [5.41, 5.74) is 1.01. The first-order valence-electron chi connectivity index (χ1n) is 8.54. The molecule has 1 saturated heterocycles. The number of benzene rings is 1. The first-order valence-corrected chi connectivity index (χ1v) is 8.54. The Labute approximate surface area is 147 Å². The fourth-order valence-corrected chi connectivity index (χ4v) is 2.72. The molecule has 1 heterocycles. The van der Waals surface area contributed by atoms with Gasteiger partial charge in [-0.2, -0.15) is 0 Å². The predicted octanol–water partition coefficient (Wildman–Crippen LogP) is 2.67. The average molecular weight is 348 g/mol. The Balaban J connectivity index is 1.92. The van der Waals surface area contributed by atoms with Crippen LogP contribution in [0.5, 0.6) is 0 Å². The summed E-state index contributed by atoms with van der Waals surface area (Å²) in [4.78, 5) is 37.5. The minimum Gasteiger partial charge on any atom is -0.466 e. The molecular weight excluding hydrogens is 324 g/mol. The first-order chi connectivity index (χ1) is 12.0. The van der Waals surface area contributed by atoms with Crippen LogP contribution in [0.2, 0.25) is 0 Å². The number of carbonyl (C=O) groups excluding carboxylic acids is 3. The van der Waals surface area contributed by atoms with Gasteiger partial charge in [-0.3, -0.25) is 4.79 Å². The number of amides is 2. The third-order valence-electron chi connectivity index (χ3n) is 3.98. The second-order valence-corrected chi connectivity index (χ2v) is 5.77. The summed E-state index contributed by atoms with van der Waals surface area (Å²) in [6, 6.07) is 6.24. The molecule has 2 rings (SSSR count). The largest absolute Gasteiger partial charge is 0.466 e. The van der Waals surface area contributed by atoms with Crippen LogP contribution in [0.1, 0.15) is 37.0 Å². The lowest BCUT2D eigenvalue weighted by Crippen LogP contribution is -2.44. The maximum atomic E-state index is 12.4. The molecule has 2 amide bonds. The van der Waals surface area contributed by atoms with E-state index in [-0.39, 0.29) is 17.9 Å². The van der Waals surface area contributed by atoms with Gasteiger partial charge in [0.2, 0.25) is 0 Å².